The summed E-state index contributed by atoms with van der Waals surface area (Å²) >= 11 is 5.49. The normalized spacial score (nSPS) is 31.4. The molecule has 4 heteroatoms. The Morgan fingerprint density at radius 3 is 2.88 bits per heavy atom. The van der Waals surface area contributed by atoms with Gasteiger partial charge in [0.2, 0.25) is 5.91 Å². The van der Waals surface area contributed by atoms with Crippen LogP contribution in [0, 0.1) is 5.92 Å². The maximum Gasteiger partial charge on any atom is 0.226 e. The van der Waals surface area contributed by atoms with E-state index in [-0.39, 0.29) is 0 Å². The van der Waals surface area contributed by atoms with Crippen molar-refractivity contribution in [3.63, 3.8) is 0 Å². The predicted molar refractivity (Wildman–Crippen MR) is 73.2 cm³/mol. The van der Waals surface area contributed by atoms with E-state index < -0.39 is 0 Å². The van der Waals surface area contributed by atoms with Crippen LogP contribution in [0.25, 0.3) is 0 Å². The Morgan fingerprint density at radius 1 is 1.31 bits per heavy atom. The number of carbonyl (C=O) groups excluding carboxylic acids is 1. The molecule has 0 aromatic heterocycles. The number of likely N-dealkylation sites (tertiary alicyclic amines) is 1. The van der Waals surface area contributed by atoms with Crippen molar-refractivity contribution in [2.45, 2.75) is 38.1 Å². The zero-order valence-corrected chi connectivity index (χ0v) is 12.1. The minimum atomic E-state index is 0.310. The van der Waals surface area contributed by atoms with E-state index in [4.69, 9.17) is 0 Å². The fraction of sp³-hybridized carbons (Fsp3) is 0.917. The van der Waals surface area contributed by atoms with Crippen LogP contribution >= 0.6 is 27.7 Å². The van der Waals surface area contributed by atoms with Gasteiger partial charge in [-0.25, -0.2) is 0 Å². The largest absolute Gasteiger partial charge is 0.339 e. The third-order valence-electron chi connectivity index (χ3n) is 3.62. The molecule has 2 aliphatic heterocycles. The molecule has 2 rings (SSSR count). The Bertz CT molecular complexity index is 243. The summed E-state index contributed by atoms with van der Waals surface area (Å²) in [6, 6.07) is 0.445. The highest BCUT2D eigenvalue weighted by Gasteiger charge is 2.31. The number of nitrogens with zero attached hydrogens (tertiary/aromatic N) is 1. The van der Waals surface area contributed by atoms with Gasteiger partial charge in [0.25, 0.3) is 0 Å². The first-order valence-electron chi connectivity index (χ1n) is 6.27. The summed E-state index contributed by atoms with van der Waals surface area (Å²) in [5.74, 6) is 2.95. The number of carbonyl (C=O) groups is 1. The Balaban J connectivity index is 2.00. The topological polar surface area (TPSA) is 20.3 Å². The fourth-order valence-corrected chi connectivity index (χ4v) is 4.48. The van der Waals surface area contributed by atoms with Crippen molar-refractivity contribution in [3.8, 4) is 0 Å². The lowest BCUT2D eigenvalue weighted by Crippen LogP contribution is -2.44. The van der Waals surface area contributed by atoms with Gasteiger partial charge in [-0.1, -0.05) is 28.8 Å². The molecule has 0 saturated carbocycles. The molecule has 2 aliphatic rings. The molecule has 0 bridgehead atoms. The van der Waals surface area contributed by atoms with Crippen molar-refractivity contribution < 1.29 is 4.79 Å². The number of hydrogen-bond acceptors (Lipinski definition) is 2. The van der Waals surface area contributed by atoms with Gasteiger partial charge in [-0.3, -0.25) is 4.79 Å². The van der Waals surface area contributed by atoms with Gasteiger partial charge in [0.05, 0.1) is 0 Å². The van der Waals surface area contributed by atoms with Crippen molar-refractivity contribution in [3.05, 3.63) is 0 Å². The molecule has 2 saturated heterocycles. The number of amides is 1. The van der Waals surface area contributed by atoms with E-state index in [1.807, 2.05) is 11.8 Å². The summed E-state index contributed by atoms with van der Waals surface area (Å²) in [6.07, 6.45) is 6.02. The molecule has 92 valence electrons. The monoisotopic (exact) mass is 305 g/mol. The molecule has 0 spiro atoms. The molecule has 2 heterocycles. The lowest BCUT2D eigenvalue weighted by Gasteiger charge is -2.30. The lowest BCUT2D eigenvalue weighted by atomic mass is 10.1. The average molecular weight is 306 g/mol. The van der Waals surface area contributed by atoms with Crippen molar-refractivity contribution in [1.82, 2.24) is 4.90 Å². The predicted octanol–water partition coefficient (Wildman–Crippen LogP) is 2.91. The summed E-state index contributed by atoms with van der Waals surface area (Å²) in [5, 5.41) is 0.943. The van der Waals surface area contributed by atoms with Gasteiger partial charge < -0.3 is 4.90 Å². The highest BCUT2D eigenvalue weighted by molar-refractivity contribution is 9.09. The SMILES string of the molecule is O=C(C1CCSC1)N1CCCCCC1CBr. The first kappa shape index (κ1) is 12.7. The van der Waals surface area contributed by atoms with E-state index in [2.05, 4.69) is 20.8 Å². The van der Waals surface area contributed by atoms with Gasteiger partial charge in [0, 0.05) is 29.6 Å². The average Bonchev–Trinajstić information content (AvgIpc) is 2.73. The van der Waals surface area contributed by atoms with Gasteiger partial charge in [-0.2, -0.15) is 11.8 Å². The van der Waals surface area contributed by atoms with Crippen LogP contribution in [0.5, 0.6) is 0 Å². The maximum absolute atomic E-state index is 12.4. The van der Waals surface area contributed by atoms with Gasteiger partial charge in [0.15, 0.2) is 0 Å². The zero-order chi connectivity index (χ0) is 11.4. The minimum Gasteiger partial charge on any atom is -0.339 e. The standard InChI is InChI=1S/C12H20BrNOS/c13-8-11-4-2-1-3-6-14(11)12(15)10-5-7-16-9-10/h10-11H,1-9H2. The molecular weight excluding hydrogens is 286 g/mol. The summed E-state index contributed by atoms with van der Waals surface area (Å²) in [6.45, 7) is 0.982. The number of alkyl halides is 1. The van der Waals surface area contributed by atoms with Crippen LogP contribution in [-0.4, -0.2) is 40.2 Å². The third kappa shape index (κ3) is 2.95. The van der Waals surface area contributed by atoms with E-state index in [1.165, 1.54) is 31.4 Å². The molecule has 0 N–H and O–H groups in total. The van der Waals surface area contributed by atoms with Gasteiger partial charge in [-0.05, 0) is 25.0 Å². The number of rotatable bonds is 2. The first-order chi connectivity index (χ1) is 7.83. The lowest BCUT2D eigenvalue weighted by molar-refractivity contribution is -0.136. The number of halogens is 1. The molecule has 16 heavy (non-hydrogen) atoms. The highest BCUT2D eigenvalue weighted by atomic mass is 79.9. The van der Waals surface area contributed by atoms with Gasteiger partial charge in [0.1, 0.15) is 0 Å². The van der Waals surface area contributed by atoms with Crippen LogP contribution in [0.4, 0.5) is 0 Å². The first-order valence-corrected chi connectivity index (χ1v) is 8.54. The second-order valence-electron chi connectivity index (χ2n) is 4.75. The smallest absolute Gasteiger partial charge is 0.226 e. The summed E-state index contributed by atoms with van der Waals surface area (Å²) in [5.41, 5.74) is 0. The Labute approximate surface area is 111 Å². The van der Waals surface area contributed by atoms with Crippen LogP contribution in [-0.2, 0) is 4.79 Å². The fourth-order valence-electron chi connectivity index (χ4n) is 2.59. The second-order valence-corrected chi connectivity index (χ2v) is 6.55. The van der Waals surface area contributed by atoms with Gasteiger partial charge in [-0.15, -0.1) is 0 Å². The molecule has 2 atom stereocenters. The molecule has 0 aromatic rings. The second kappa shape index (κ2) is 6.29. The van der Waals surface area contributed by atoms with Crippen LogP contribution in [0.2, 0.25) is 0 Å². The third-order valence-corrected chi connectivity index (χ3v) is 5.53. The van der Waals surface area contributed by atoms with E-state index in [0.717, 1.165) is 24.0 Å². The van der Waals surface area contributed by atoms with Crippen molar-refractivity contribution in [2.75, 3.05) is 23.4 Å². The van der Waals surface area contributed by atoms with Crippen molar-refractivity contribution in [2.24, 2.45) is 5.92 Å². The van der Waals surface area contributed by atoms with E-state index in [9.17, 15) is 4.79 Å². The van der Waals surface area contributed by atoms with Crippen LogP contribution in [0.1, 0.15) is 32.1 Å². The van der Waals surface area contributed by atoms with Crippen molar-refractivity contribution >= 4 is 33.6 Å². The van der Waals surface area contributed by atoms with E-state index >= 15 is 0 Å². The molecule has 2 unspecified atom stereocenters. The maximum atomic E-state index is 12.4. The van der Waals surface area contributed by atoms with Crippen LogP contribution < -0.4 is 0 Å². The van der Waals surface area contributed by atoms with E-state index in [0.29, 0.717) is 17.9 Å². The Hall–Kier alpha value is 0.300. The number of thioether (sulfide) groups is 1. The summed E-state index contributed by atoms with van der Waals surface area (Å²) < 4.78 is 0. The number of hydrogen-bond donors (Lipinski definition) is 0. The molecular formula is C12H20BrNOS. The molecule has 0 aromatic carbocycles. The molecule has 0 radical (unpaired) electrons. The minimum absolute atomic E-state index is 0.310. The molecule has 1 amide bonds. The zero-order valence-electron chi connectivity index (χ0n) is 9.66. The summed E-state index contributed by atoms with van der Waals surface area (Å²) in [4.78, 5) is 14.6. The Morgan fingerprint density at radius 2 is 2.19 bits per heavy atom. The molecule has 2 fully saturated rings. The van der Waals surface area contributed by atoms with Gasteiger partial charge >= 0.3 is 0 Å². The van der Waals surface area contributed by atoms with Crippen molar-refractivity contribution in [1.29, 1.82) is 0 Å². The molecule has 2 nitrogen and oxygen atoms in total. The Kier molecular flexibility index (Phi) is 5.01. The van der Waals surface area contributed by atoms with E-state index in [1.54, 1.807) is 0 Å². The van der Waals surface area contributed by atoms with Crippen LogP contribution in [0.15, 0.2) is 0 Å². The quantitative estimate of drug-likeness (QED) is 0.731. The highest BCUT2D eigenvalue weighted by Crippen LogP contribution is 2.28. The molecule has 0 aliphatic carbocycles. The summed E-state index contributed by atoms with van der Waals surface area (Å²) in [7, 11) is 0. The van der Waals surface area contributed by atoms with Crippen LogP contribution in [0.3, 0.4) is 0 Å².